The van der Waals surface area contributed by atoms with Crippen LogP contribution < -0.4 is 10.6 Å². The smallest absolute Gasteiger partial charge is 0.370 e. The van der Waals surface area contributed by atoms with Crippen molar-refractivity contribution < 1.29 is 22.4 Å². The average molecular weight is 495 g/mol. The van der Waals surface area contributed by atoms with E-state index < -0.39 is 23.5 Å². The van der Waals surface area contributed by atoms with Gasteiger partial charge in [0.05, 0.1) is 17.0 Å². The minimum atomic E-state index is -4.54. The van der Waals surface area contributed by atoms with E-state index in [1.807, 2.05) is 10.6 Å². The largest absolute Gasteiger partial charge is 0.416 e. The van der Waals surface area contributed by atoms with Crippen LogP contribution in [0.4, 0.5) is 23.4 Å². The molecule has 0 radical (unpaired) electrons. The molecule has 0 spiro atoms. The number of nitrogens with zero attached hydrogens (tertiary/aromatic N) is 3. The first kappa shape index (κ1) is 22.4. The highest BCUT2D eigenvalue weighted by atomic mass is 19.4. The Morgan fingerprint density at radius 1 is 1.14 bits per heavy atom. The monoisotopic (exact) mass is 495 g/mol. The summed E-state index contributed by atoms with van der Waals surface area (Å²) in [7, 11) is 0. The molecule has 0 saturated heterocycles. The van der Waals surface area contributed by atoms with Gasteiger partial charge in [0.15, 0.2) is 5.82 Å². The number of nitrogens with one attached hydrogen (secondary N) is 2. The topological polar surface area (TPSA) is 63.9 Å². The second-order valence-corrected chi connectivity index (χ2v) is 8.96. The number of carbonyl (C=O) groups is 1. The number of amides is 1. The first-order valence-electron chi connectivity index (χ1n) is 11.6. The number of halogens is 4. The molecular formula is C26H21F4N5O. The molecule has 0 fully saturated rings. The van der Waals surface area contributed by atoms with Gasteiger partial charge in [0, 0.05) is 30.5 Å². The van der Waals surface area contributed by atoms with E-state index in [-0.39, 0.29) is 17.8 Å². The third kappa shape index (κ3) is 3.82. The lowest BCUT2D eigenvalue weighted by Gasteiger charge is -2.14. The van der Waals surface area contributed by atoms with Crippen LogP contribution in [-0.4, -0.2) is 26.6 Å². The maximum Gasteiger partial charge on any atom is 0.416 e. The van der Waals surface area contributed by atoms with Crippen LogP contribution in [0.5, 0.6) is 0 Å². The molecule has 0 bridgehead atoms. The molecule has 10 heteroatoms. The quantitative estimate of drug-likeness (QED) is 0.383. The number of hydrogen-bond donors (Lipinski definition) is 2. The van der Waals surface area contributed by atoms with Crippen molar-refractivity contribution in [2.45, 2.75) is 32.1 Å². The Morgan fingerprint density at radius 3 is 2.81 bits per heavy atom. The lowest BCUT2D eigenvalue weighted by Crippen LogP contribution is -2.25. The molecule has 2 aromatic carbocycles. The molecule has 36 heavy (non-hydrogen) atoms. The maximum atomic E-state index is 13.8. The van der Waals surface area contributed by atoms with Gasteiger partial charge in [0.1, 0.15) is 17.3 Å². The van der Waals surface area contributed by atoms with E-state index in [0.717, 1.165) is 43.0 Å². The van der Waals surface area contributed by atoms with Crippen molar-refractivity contribution in [1.29, 1.82) is 0 Å². The van der Waals surface area contributed by atoms with Crippen LogP contribution in [0.15, 0.2) is 54.6 Å². The molecule has 4 aromatic rings. The molecule has 1 amide bonds. The fourth-order valence-corrected chi connectivity index (χ4v) is 4.89. The molecule has 184 valence electrons. The molecule has 4 heterocycles. The summed E-state index contributed by atoms with van der Waals surface area (Å²) in [5, 5.41) is 6.73. The van der Waals surface area contributed by atoms with E-state index >= 15 is 0 Å². The van der Waals surface area contributed by atoms with Crippen molar-refractivity contribution >= 4 is 28.3 Å². The SMILES string of the molecule is O=C(NC1=CCn2c1nc1c2NCCC1)c1cc2ccc(C(F)(F)F)cc2n1Cc1cccc(F)c1. The maximum absolute atomic E-state index is 13.8. The molecule has 0 saturated carbocycles. The second-order valence-electron chi connectivity index (χ2n) is 8.96. The number of anilines is 1. The van der Waals surface area contributed by atoms with Gasteiger partial charge >= 0.3 is 6.18 Å². The van der Waals surface area contributed by atoms with Gasteiger partial charge in [-0.15, -0.1) is 0 Å². The van der Waals surface area contributed by atoms with Crippen molar-refractivity contribution in [3.63, 3.8) is 0 Å². The molecule has 2 N–H and O–H groups in total. The van der Waals surface area contributed by atoms with Crippen LogP contribution >= 0.6 is 0 Å². The second kappa shape index (κ2) is 8.25. The van der Waals surface area contributed by atoms with E-state index in [9.17, 15) is 22.4 Å². The van der Waals surface area contributed by atoms with Crippen LogP contribution in [0.1, 0.15) is 39.6 Å². The summed E-state index contributed by atoms with van der Waals surface area (Å²) in [6.07, 6.45) is -0.844. The van der Waals surface area contributed by atoms with Gasteiger partial charge < -0.3 is 19.8 Å². The van der Waals surface area contributed by atoms with Crippen molar-refractivity contribution in [1.82, 2.24) is 19.4 Å². The number of fused-ring (bicyclic) bond motifs is 4. The predicted molar refractivity (Wildman–Crippen MR) is 127 cm³/mol. The lowest BCUT2D eigenvalue weighted by molar-refractivity contribution is -0.137. The zero-order valence-electron chi connectivity index (χ0n) is 19.0. The molecule has 2 aromatic heterocycles. The highest BCUT2D eigenvalue weighted by molar-refractivity contribution is 6.02. The zero-order chi connectivity index (χ0) is 25.0. The molecular weight excluding hydrogens is 474 g/mol. The van der Waals surface area contributed by atoms with Crippen molar-refractivity contribution in [2.24, 2.45) is 0 Å². The van der Waals surface area contributed by atoms with Gasteiger partial charge in [-0.3, -0.25) is 4.79 Å². The standard InChI is InChI=1S/C26H21F4N5O/c27-18-4-1-3-15(11-18)14-35-21-13-17(26(28,29)30)7-6-16(21)12-22(35)25(36)33-20-8-10-34-23-19(32-24(20)34)5-2-9-31-23/h1,3-4,6-8,11-13,31H,2,5,9-10,14H2,(H,33,36). The Bertz CT molecular complexity index is 1550. The third-order valence-corrected chi connectivity index (χ3v) is 6.58. The minimum Gasteiger partial charge on any atom is -0.370 e. The first-order valence-corrected chi connectivity index (χ1v) is 11.6. The number of hydrogen-bond acceptors (Lipinski definition) is 3. The predicted octanol–water partition coefficient (Wildman–Crippen LogP) is 5.19. The average Bonchev–Trinajstić information content (AvgIpc) is 3.51. The summed E-state index contributed by atoms with van der Waals surface area (Å²) in [6.45, 7) is 1.44. The Morgan fingerprint density at radius 2 is 2.00 bits per heavy atom. The molecule has 0 atom stereocenters. The number of allylic oxidation sites excluding steroid dienone is 1. The van der Waals surface area contributed by atoms with Gasteiger partial charge in [0.25, 0.3) is 5.91 Å². The molecule has 0 aliphatic carbocycles. The number of imidazole rings is 1. The number of aromatic nitrogens is 3. The van der Waals surface area contributed by atoms with Crippen molar-refractivity contribution in [3.05, 3.63) is 88.8 Å². The van der Waals surface area contributed by atoms with Gasteiger partial charge in [-0.25, -0.2) is 9.37 Å². The number of carbonyl (C=O) groups excluding carboxylic acids is 1. The summed E-state index contributed by atoms with van der Waals surface area (Å²) in [5.74, 6) is 0.655. The van der Waals surface area contributed by atoms with Crippen LogP contribution in [0.2, 0.25) is 0 Å². The van der Waals surface area contributed by atoms with Crippen molar-refractivity contribution in [3.8, 4) is 0 Å². The Kier molecular flexibility index (Phi) is 5.13. The number of rotatable bonds is 4. The van der Waals surface area contributed by atoms with Crippen molar-refractivity contribution in [2.75, 3.05) is 11.9 Å². The van der Waals surface area contributed by atoms with Gasteiger partial charge in [-0.2, -0.15) is 13.2 Å². The summed E-state index contributed by atoms with van der Waals surface area (Å²) in [4.78, 5) is 18.1. The molecule has 6 nitrogen and oxygen atoms in total. The number of aryl methyl sites for hydroxylation is 1. The van der Waals surface area contributed by atoms with E-state index in [2.05, 4.69) is 15.6 Å². The zero-order valence-corrected chi connectivity index (χ0v) is 19.0. The van der Waals surface area contributed by atoms with Gasteiger partial charge in [-0.1, -0.05) is 18.2 Å². The summed E-state index contributed by atoms with van der Waals surface area (Å²) in [5.41, 5.74) is 1.61. The van der Waals surface area contributed by atoms with Crippen LogP contribution in [-0.2, 0) is 25.7 Å². The molecule has 0 unspecified atom stereocenters. The van der Waals surface area contributed by atoms with E-state index in [1.165, 1.54) is 28.8 Å². The van der Waals surface area contributed by atoms with Crippen LogP contribution in [0.3, 0.4) is 0 Å². The van der Waals surface area contributed by atoms with Crippen LogP contribution in [0.25, 0.3) is 16.6 Å². The molecule has 2 aliphatic rings. The summed E-state index contributed by atoms with van der Waals surface area (Å²) in [6, 6.07) is 10.7. The van der Waals surface area contributed by atoms with Gasteiger partial charge in [-0.05, 0) is 54.8 Å². The highest BCUT2D eigenvalue weighted by Crippen LogP contribution is 2.34. The Hall–Kier alpha value is -4.08. The van der Waals surface area contributed by atoms with Crippen LogP contribution in [0, 0.1) is 5.82 Å². The first-order chi connectivity index (χ1) is 17.3. The minimum absolute atomic E-state index is 0.0250. The number of alkyl halides is 3. The molecule has 2 aliphatic heterocycles. The summed E-state index contributed by atoms with van der Waals surface area (Å²) >= 11 is 0. The normalized spacial score (nSPS) is 14.8. The lowest BCUT2D eigenvalue weighted by atomic mass is 10.1. The Balaban J connectivity index is 1.39. The Labute approximate surface area is 203 Å². The van der Waals surface area contributed by atoms with E-state index in [0.29, 0.717) is 29.0 Å². The fraction of sp³-hybridized carbons (Fsp3) is 0.231. The highest BCUT2D eigenvalue weighted by Gasteiger charge is 2.32. The number of benzene rings is 2. The van der Waals surface area contributed by atoms with E-state index in [4.69, 9.17) is 0 Å². The molecule has 6 rings (SSSR count). The van der Waals surface area contributed by atoms with E-state index in [1.54, 1.807) is 12.1 Å². The third-order valence-electron chi connectivity index (χ3n) is 6.58. The van der Waals surface area contributed by atoms with Gasteiger partial charge in [0.2, 0.25) is 0 Å². The fourth-order valence-electron chi connectivity index (χ4n) is 4.89. The summed E-state index contributed by atoms with van der Waals surface area (Å²) < 4.78 is 57.7.